The number of carbonyl (C=O) groups excluding carboxylic acids is 3. The molecule has 184 valence electrons. The molecule has 0 bridgehead atoms. The van der Waals surface area contributed by atoms with Crippen molar-refractivity contribution in [2.45, 2.75) is 32.7 Å². The lowest BCUT2D eigenvalue weighted by Crippen LogP contribution is -2.40. The number of imide groups is 1. The zero-order valence-corrected chi connectivity index (χ0v) is 20.3. The first kappa shape index (κ1) is 23.9. The molecule has 2 heterocycles. The fourth-order valence-corrected chi connectivity index (χ4v) is 4.76. The molecule has 1 saturated heterocycles. The van der Waals surface area contributed by atoms with Crippen molar-refractivity contribution in [1.29, 1.82) is 0 Å². The second kappa shape index (κ2) is 10.4. The standard InChI is InChI=1S/C29H29N3O4/c1-20-17-31(12-13-36-20)18-23-9-5-8-22(14-23)16-30-27(33)24-10-11-25-26(15-24)29(35)32(28(25)34)19-21-6-3-2-4-7-21/h2-11,14-15,20H,12-13,16-19H2,1H3,(H,30,33). The lowest BCUT2D eigenvalue weighted by molar-refractivity contribution is -0.0212. The van der Waals surface area contributed by atoms with Gasteiger partial charge in [-0.1, -0.05) is 54.6 Å². The van der Waals surface area contributed by atoms with Crippen LogP contribution in [0.2, 0.25) is 0 Å². The van der Waals surface area contributed by atoms with Crippen LogP contribution in [0.15, 0.2) is 72.8 Å². The van der Waals surface area contributed by atoms with E-state index in [1.54, 1.807) is 12.1 Å². The largest absolute Gasteiger partial charge is 0.376 e. The average Bonchev–Trinajstić information content (AvgIpc) is 3.12. The van der Waals surface area contributed by atoms with Crippen molar-refractivity contribution in [3.05, 3.63) is 106 Å². The molecular weight excluding hydrogens is 454 g/mol. The predicted octanol–water partition coefficient (Wildman–Crippen LogP) is 3.63. The lowest BCUT2D eigenvalue weighted by atomic mass is 10.0. The van der Waals surface area contributed by atoms with Gasteiger partial charge in [0.1, 0.15) is 0 Å². The summed E-state index contributed by atoms with van der Waals surface area (Å²) in [6.07, 6.45) is 0.237. The molecule has 3 aromatic rings. The van der Waals surface area contributed by atoms with E-state index in [9.17, 15) is 14.4 Å². The Hall–Kier alpha value is -3.81. The van der Waals surface area contributed by atoms with Crippen molar-refractivity contribution >= 4 is 17.7 Å². The minimum atomic E-state index is -0.376. The van der Waals surface area contributed by atoms with Gasteiger partial charge in [-0.2, -0.15) is 0 Å². The molecule has 2 aliphatic heterocycles. The van der Waals surface area contributed by atoms with Gasteiger partial charge in [-0.3, -0.25) is 24.2 Å². The Bertz CT molecular complexity index is 1290. The first-order chi connectivity index (χ1) is 17.5. The Labute approximate surface area is 210 Å². The van der Waals surface area contributed by atoms with Crippen LogP contribution in [0.3, 0.4) is 0 Å². The van der Waals surface area contributed by atoms with Gasteiger partial charge in [0.2, 0.25) is 0 Å². The van der Waals surface area contributed by atoms with Crippen molar-refractivity contribution < 1.29 is 19.1 Å². The highest BCUT2D eigenvalue weighted by atomic mass is 16.5. The van der Waals surface area contributed by atoms with E-state index in [0.29, 0.717) is 17.7 Å². The van der Waals surface area contributed by atoms with Gasteiger partial charge in [0.05, 0.1) is 30.4 Å². The van der Waals surface area contributed by atoms with Crippen LogP contribution in [0, 0.1) is 0 Å². The first-order valence-electron chi connectivity index (χ1n) is 12.2. The molecule has 0 radical (unpaired) electrons. The molecule has 0 spiro atoms. The minimum Gasteiger partial charge on any atom is -0.376 e. The summed E-state index contributed by atoms with van der Waals surface area (Å²) in [6.45, 7) is 6.06. The molecule has 1 N–H and O–H groups in total. The first-order valence-corrected chi connectivity index (χ1v) is 12.2. The van der Waals surface area contributed by atoms with E-state index in [1.165, 1.54) is 16.5 Å². The van der Waals surface area contributed by atoms with Gasteiger partial charge in [0.15, 0.2) is 0 Å². The quantitative estimate of drug-likeness (QED) is 0.519. The summed E-state index contributed by atoms with van der Waals surface area (Å²) in [5, 5.41) is 2.94. The molecule has 0 aromatic heterocycles. The molecule has 3 amide bonds. The van der Waals surface area contributed by atoms with E-state index in [1.807, 2.05) is 42.5 Å². The number of rotatable bonds is 7. The fraction of sp³-hybridized carbons (Fsp3) is 0.276. The van der Waals surface area contributed by atoms with Crippen LogP contribution in [0.4, 0.5) is 0 Å². The second-order valence-electron chi connectivity index (χ2n) is 9.36. The summed E-state index contributed by atoms with van der Waals surface area (Å²) in [4.78, 5) is 42.2. The Balaban J connectivity index is 1.22. The third kappa shape index (κ3) is 5.22. The number of nitrogens with one attached hydrogen (secondary N) is 1. The minimum absolute atomic E-state index is 0.203. The highest BCUT2D eigenvalue weighted by Crippen LogP contribution is 2.26. The van der Waals surface area contributed by atoms with Crippen LogP contribution in [0.1, 0.15) is 54.7 Å². The molecule has 1 unspecified atom stereocenters. The lowest BCUT2D eigenvalue weighted by Gasteiger charge is -2.31. The molecule has 5 rings (SSSR count). The predicted molar refractivity (Wildman–Crippen MR) is 135 cm³/mol. The monoisotopic (exact) mass is 483 g/mol. The van der Waals surface area contributed by atoms with Crippen LogP contribution >= 0.6 is 0 Å². The number of carbonyl (C=O) groups is 3. The fourth-order valence-electron chi connectivity index (χ4n) is 4.76. The van der Waals surface area contributed by atoms with Gasteiger partial charge in [0.25, 0.3) is 17.7 Å². The zero-order chi connectivity index (χ0) is 25.1. The normalized spacial score (nSPS) is 17.8. The maximum absolute atomic E-state index is 12.9. The summed E-state index contributed by atoms with van der Waals surface area (Å²) in [7, 11) is 0. The molecule has 2 aliphatic rings. The Morgan fingerprint density at radius 3 is 2.44 bits per heavy atom. The number of hydrogen-bond donors (Lipinski definition) is 1. The highest BCUT2D eigenvalue weighted by Gasteiger charge is 2.36. The summed E-state index contributed by atoms with van der Waals surface area (Å²) < 4.78 is 5.62. The van der Waals surface area contributed by atoms with Crippen LogP contribution < -0.4 is 5.32 Å². The van der Waals surface area contributed by atoms with Gasteiger partial charge in [-0.05, 0) is 41.8 Å². The van der Waals surface area contributed by atoms with Crippen LogP contribution in [-0.2, 0) is 24.4 Å². The molecular formula is C29H29N3O4. The van der Waals surface area contributed by atoms with E-state index in [0.717, 1.165) is 37.4 Å². The number of fused-ring (bicyclic) bond motifs is 1. The van der Waals surface area contributed by atoms with Crippen molar-refractivity contribution in [2.75, 3.05) is 19.7 Å². The van der Waals surface area contributed by atoms with Crippen LogP contribution in [0.5, 0.6) is 0 Å². The Morgan fingerprint density at radius 1 is 0.889 bits per heavy atom. The van der Waals surface area contributed by atoms with Gasteiger partial charge in [-0.25, -0.2) is 0 Å². The van der Waals surface area contributed by atoms with E-state index >= 15 is 0 Å². The number of nitrogens with zero attached hydrogens (tertiary/aromatic N) is 2. The summed E-state index contributed by atoms with van der Waals surface area (Å²) in [6, 6.07) is 22.2. The number of benzene rings is 3. The van der Waals surface area contributed by atoms with E-state index < -0.39 is 0 Å². The Morgan fingerprint density at radius 2 is 1.64 bits per heavy atom. The third-order valence-electron chi connectivity index (χ3n) is 6.59. The maximum Gasteiger partial charge on any atom is 0.261 e. The number of morpholine rings is 1. The SMILES string of the molecule is CC1CN(Cc2cccc(CNC(=O)c3ccc4c(c3)C(=O)N(Cc3ccccc3)C4=O)c2)CCO1. The summed E-state index contributed by atoms with van der Waals surface area (Å²) in [5.74, 6) is -0.997. The van der Waals surface area contributed by atoms with Crippen molar-refractivity contribution in [3.63, 3.8) is 0 Å². The topological polar surface area (TPSA) is 79.0 Å². The van der Waals surface area contributed by atoms with Crippen LogP contribution in [-0.4, -0.2) is 53.3 Å². The van der Waals surface area contributed by atoms with Crippen molar-refractivity contribution in [2.24, 2.45) is 0 Å². The molecule has 3 aromatic carbocycles. The number of hydrogen-bond acceptors (Lipinski definition) is 5. The molecule has 7 heteroatoms. The van der Waals surface area contributed by atoms with E-state index in [-0.39, 0.29) is 35.9 Å². The smallest absolute Gasteiger partial charge is 0.261 e. The number of amides is 3. The molecule has 36 heavy (non-hydrogen) atoms. The maximum atomic E-state index is 12.9. The van der Waals surface area contributed by atoms with Gasteiger partial charge < -0.3 is 10.1 Å². The van der Waals surface area contributed by atoms with Crippen molar-refractivity contribution in [3.8, 4) is 0 Å². The third-order valence-corrected chi connectivity index (χ3v) is 6.59. The highest BCUT2D eigenvalue weighted by molar-refractivity contribution is 6.22. The zero-order valence-electron chi connectivity index (χ0n) is 20.3. The van der Waals surface area contributed by atoms with E-state index in [4.69, 9.17) is 4.74 Å². The van der Waals surface area contributed by atoms with Gasteiger partial charge in [0, 0.05) is 31.7 Å². The second-order valence-corrected chi connectivity index (χ2v) is 9.36. The molecule has 0 saturated carbocycles. The molecule has 1 atom stereocenters. The van der Waals surface area contributed by atoms with Gasteiger partial charge in [-0.15, -0.1) is 0 Å². The van der Waals surface area contributed by atoms with Crippen molar-refractivity contribution in [1.82, 2.24) is 15.1 Å². The molecule has 0 aliphatic carbocycles. The van der Waals surface area contributed by atoms with Gasteiger partial charge >= 0.3 is 0 Å². The molecule has 7 nitrogen and oxygen atoms in total. The summed E-state index contributed by atoms with van der Waals surface area (Å²) >= 11 is 0. The molecule has 1 fully saturated rings. The van der Waals surface area contributed by atoms with Crippen LogP contribution in [0.25, 0.3) is 0 Å². The van der Waals surface area contributed by atoms with E-state index in [2.05, 4.69) is 29.3 Å². The summed E-state index contributed by atoms with van der Waals surface area (Å²) in [5.41, 5.74) is 4.02. The Kier molecular flexibility index (Phi) is 6.93. The number of ether oxygens (including phenoxy) is 1. The average molecular weight is 484 g/mol.